The summed E-state index contributed by atoms with van der Waals surface area (Å²) in [5, 5.41) is 5.23. The van der Waals surface area contributed by atoms with Crippen LogP contribution in [-0.4, -0.2) is 44.7 Å². The van der Waals surface area contributed by atoms with Crippen molar-refractivity contribution in [3.05, 3.63) is 0 Å². The number of carbonyl (C=O) groups is 2. The SMILES string of the molecule is COC(CN)CC(=O)NCC(=O)NCC(C)C. The lowest BCUT2D eigenvalue weighted by atomic mass is 10.2. The van der Waals surface area contributed by atoms with Crippen molar-refractivity contribution in [2.75, 3.05) is 26.7 Å². The summed E-state index contributed by atoms with van der Waals surface area (Å²) in [5.74, 6) is -0.0273. The Kier molecular flexibility index (Phi) is 8.35. The molecule has 0 rings (SSSR count). The first-order valence-electron chi connectivity index (χ1n) is 5.75. The zero-order valence-corrected chi connectivity index (χ0v) is 10.8. The van der Waals surface area contributed by atoms with Crippen molar-refractivity contribution in [3.8, 4) is 0 Å². The first kappa shape index (κ1) is 15.9. The van der Waals surface area contributed by atoms with Gasteiger partial charge in [-0.1, -0.05) is 13.8 Å². The molecule has 0 bridgehead atoms. The Morgan fingerprint density at radius 1 is 1.24 bits per heavy atom. The minimum atomic E-state index is -0.297. The van der Waals surface area contributed by atoms with E-state index in [0.717, 1.165) is 0 Å². The summed E-state index contributed by atoms with van der Waals surface area (Å²) in [6.45, 7) is 4.89. The average molecular weight is 245 g/mol. The molecule has 0 aliphatic rings. The molecule has 4 N–H and O–H groups in total. The summed E-state index contributed by atoms with van der Waals surface area (Å²) >= 11 is 0. The van der Waals surface area contributed by atoms with Crippen LogP contribution in [0.5, 0.6) is 0 Å². The van der Waals surface area contributed by atoms with E-state index in [4.69, 9.17) is 10.5 Å². The van der Waals surface area contributed by atoms with Crippen LogP contribution in [0.25, 0.3) is 0 Å². The van der Waals surface area contributed by atoms with Gasteiger partial charge in [-0.15, -0.1) is 0 Å². The van der Waals surface area contributed by atoms with E-state index in [-0.39, 0.29) is 37.4 Å². The van der Waals surface area contributed by atoms with Crippen molar-refractivity contribution in [1.82, 2.24) is 10.6 Å². The summed E-state index contributed by atoms with van der Waals surface area (Å²) in [4.78, 5) is 22.7. The Morgan fingerprint density at radius 2 is 1.88 bits per heavy atom. The topological polar surface area (TPSA) is 93.4 Å². The second-order valence-electron chi connectivity index (χ2n) is 4.27. The lowest BCUT2D eigenvalue weighted by Crippen LogP contribution is -2.40. The van der Waals surface area contributed by atoms with Crippen LogP contribution in [-0.2, 0) is 14.3 Å². The van der Waals surface area contributed by atoms with Crippen LogP contribution in [0.15, 0.2) is 0 Å². The van der Waals surface area contributed by atoms with Gasteiger partial charge in [0, 0.05) is 20.2 Å². The molecule has 0 saturated heterocycles. The van der Waals surface area contributed by atoms with E-state index in [9.17, 15) is 9.59 Å². The minimum Gasteiger partial charge on any atom is -0.380 e. The zero-order chi connectivity index (χ0) is 13.3. The van der Waals surface area contributed by atoms with Crippen LogP contribution in [0.3, 0.4) is 0 Å². The van der Waals surface area contributed by atoms with Gasteiger partial charge in [0.1, 0.15) is 0 Å². The number of amides is 2. The third-order valence-corrected chi connectivity index (χ3v) is 2.16. The molecule has 0 aliphatic heterocycles. The van der Waals surface area contributed by atoms with Gasteiger partial charge in [0.25, 0.3) is 0 Å². The maximum absolute atomic E-state index is 11.4. The molecule has 6 nitrogen and oxygen atoms in total. The second kappa shape index (κ2) is 8.95. The number of rotatable bonds is 8. The van der Waals surface area contributed by atoms with Crippen molar-refractivity contribution >= 4 is 11.8 Å². The highest BCUT2D eigenvalue weighted by atomic mass is 16.5. The largest absolute Gasteiger partial charge is 0.380 e. The number of ether oxygens (including phenoxy) is 1. The maximum Gasteiger partial charge on any atom is 0.239 e. The number of hydrogen-bond acceptors (Lipinski definition) is 4. The molecule has 0 aromatic rings. The van der Waals surface area contributed by atoms with Gasteiger partial charge >= 0.3 is 0 Å². The molecule has 0 aliphatic carbocycles. The third-order valence-electron chi connectivity index (χ3n) is 2.16. The van der Waals surface area contributed by atoms with Crippen LogP contribution in [0.2, 0.25) is 0 Å². The predicted molar refractivity (Wildman–Crippen MR) is 65.3 cm³/mol. The molecular weight excluding hydrogens is 222 g/mol. The Hall–Kier alpha value is -1.14. The van der Waals surface area contributed by atoms with E-state index in [0.29, 0.717) is 12.5 Å². The lowest BCUT2D eigenvalue weighted by molar-refractivity contribution is -0.127. The number of carbonyl (C=O) groups excluding carboxylic acids is 2. The van der Waals surface area contributed by atoms with Crippen molar-refractivity contribution in [1.29, 1.82) is 0 Å². The van der Waals surface area contributed by atoms with Gasteiger partial charge in [-0.2, -0.15) is 0 Å². The Balaban J connectivity index is 3.72. The van der Waals surface area contributed by atoms with Gasteiger partial charge in [0.2, 0.25) is 11.8 Å². The monoisotopic (exact) mass is 245 g/mol. The molecule has 0 spiro atoms. The van der Waals surface area contributed by atoms with E-state index in [1.165, 1.54) is 7.11 Å². The Morgan fingerprint density at radius 3 is 2.35 bits per heavy atom. The maximum atomic E-state index is 11.4. The highest BCUT2D eigenvalue weighted by molar-refractivity contribution is 5.84. The molecule has 1 atom stereocenters. The fourth-order valence-corrected chi connectivity index (χ4v) is 1.10. The Bertz CT molecular complexity index is 240. The smallest absolute Gasteiger partial charge is 0.239 e. The molecule has 0 fully saturated rings. The molecule has 0 aromatic heterocycles. The zero-order valence-electron chi connectivity index (χ0n) is 10.8. The molecule has 0 aromatic carbocycles. The molecule has 100 valence electrons. The summed E-state index contributed by atoms with van der Waals surface area (Å²) in [6.07, 6.45) is -0.126. The van der Waals surface area contributed by atoms with E-state index in [1.54, 1.807) is 0 Å². The Labute approximate surface area is 102 Å². The lowest BCUT2D eigenvalue weighted by Gasteiger charge is -2.12. The van der Waals surface area contributed by atoms with Gasteiger partial charge < -0.3 is 21.1 Å². The van der Waals surface area contributed by atoms with Crippen LogP contribution in [0.1, 0.15) is 20.3 Å². The highest BCUT2D eigenvalue weighted by Gasteiger charge is 2.12. The van der Waals surface area contributed by atoms with E-state index in [2.05, 4.69) is 10.6 Å². The van der Waals surface area contributed by atoms with Crippen LogP contribution in [0.4, 0.5) is 0 Å². The van der Waals surface area contributed by atoms with Crippen LogP contribution >= 0.6 is 0 Å². The quantitative estimate of drug-likeness (QED) is 0.524. The van der Waals surface area contributed by atoms with Gasteiger partial charge in [-0.05, 0) is 5.92 Å². The van der Waals surface area contributed by atoms with Crippen molar-refractivity contribution in [2.45, 2.75) is 26.4 Å². The number of methoxy groups -OCH3 is 1. The molecule has 17 heavy (non-hydrogen) atoms. The molecule has 1 unspecified atom stereocenters. The molecule has 0 radical (unpaired) electrons. The second-order valence-corrected chi connectivity index (χ2v) is 4.27. The molecular formula is C11H23N3O3. The summed E-state index contributed by atoms with van der Waals surface area (Å²) in [6, 6.07) is 0. The van der Waals surface area contributed by atoms with Crippen molar-refractivity contribution in [2.24, 2.45) is 11.7 Å². The molecule has 0 saturated carbocycles. The van der Waals surface area contributed by atoms with E-state index >= 15 is 0 Å². The summed E-state index contributed by atoms with van der Waals surface area (Å²) in [7, 11) is 1.50. The summed E-state index contributed by atoms with van der Waals surface area (Å²) in [5.41, 5.74) is 5.38. The highest BCUT2D eigenvalue weighted by Crippen LogP contribution is 1.93. The molecule has 0 heterocycles. The fourth-order valence-electron chi connectivity index (χ4n) is 1.10. The predicted octanol–water partition coefficient (Wildman–Crippen LogP) is -0.761. The van der Waals surface area contributed by atoms with Crippen LogP contribution in [0, 0.1) is 5.92 Å². The fraction of sp³-hybridized carbons (Fsp3) is 0.818. The average Bonchev–Trinajstić information content (AvgIpc) is 2.30. The minimum absolute atomic E-state index is 0.00738. The van der Waals surface area contributed by atoms with Gasteiger partial charge in [-0.3, -0.25) is 9.59 Å². The van der Waals surface area contributed by atoms with Crippen molar-refractivity contribution < 1.29 is 14.3 Å². The normalized spacial score (nSPS) is 12.3. The number of nitrogens with two attached hydrogens (primary N) is 1. The number of hydrogen-bond donors (Lipinski definition) is 3. The van der Waals surface area contributed by atoms with E-state index < -0.39 is 0 Å². The third kappa shape index (κ3) is 8.65. The van der Waals surface area contributed by atoms with E-state index in [1.807, 2.05) is 13.8 Å². The van der Waals surface area contributed by atoms with Gasteiger partial charge in [-0.25, -0.2) is 0 Å². The van der Waals surface area contributed by atoms with Crippen molar-refractivity contribution in [3.63, 3.8) is 0 Å². The first-order chi connectivity index (χ1) is 7.99. The standard InChI is InChI=1S/C11H23N3O3/c1-8(2)6-13-11(16)7-14-10(15)4-9(5-12)17-3/h8-9H,4-7,12H2,1-3H3,(H,13,16)(H,14,15). The first-order valence-corrected chi connectivity index (χ1v) is 5.75. The van der Waals surface area contributed by atoms with Gasteiger partial charge in [0.05, 0.1) is 19.1 Å². The van der Waals surface area contributed by atoms with Gasteiger partial charge in [0.15, 0.2) is 0 Å². The molecule has 2 amide bonds. The number of nitrogens with one attached hydrogen (secondary N) is 2. The van der Waals surface area contributed by atoms with Crippen LogP contribution < -0.4 is 16.4 Å². The molecule has 6 heteroatoms. The summed E-state index contributed by atoms with van der Waals surface area (Å²) < 4.78 is 4.97.